The molecule has 0 radical (unpaired) electrons. The Morgan fingerprint density at radius 1 is 1.08 bits per heavy atom. The highest BCUT2D eigenvalue weighted by Crippen LogP contribution is 2.37. The average Bonchev–Trinajstić information content (AvgIpc) is 2.03. The first-order valence-corrected chi connectivity index (χ1v) is 3.96. The largest absolute Gasteiger partial charge is 0.391 e. The zero-order valence-electron chi connectivity index (χ0n) is 6.60. The summed E-state index contributed by atoms with van der Waals surface area (Å²) in [6.45, 7) is 0. The van der Waals surface area contributed by atoms with Gasteiger partial charge >= 0.3 is 6.18 Å². The van der Waals surface area contributed by atoms with Crippen molar-refractivity contribution < 1.29 is 18.0 Å². The van der Waals surface area contributed by atoms with Crippen molar-refractivity contribution >= 4 is 0 Å². The summed E-state index contributed by atoms with van der Waals surface area (Å²) in [5.74, 6) is 3.73. The highest BCUT2D eigenvalue weighted by Gasteiger charge is 2.41. The molecule has 72 valence electrons. The molecule has 12 heavy (non-hydrogen) atoms. The lowest BCUT2D eigenvalue weighted by atomic mass is 9.87. The molecule has 1 fully saturated rings. The third-order valence-corrected chi connectivity index (χ3v) is 2.33. The van der Waals surface area contributed by atoms with Gasteiger partial charge in [0, 0.05) is 0 Å². The van der Waals surface area contributed by atoms with E-state index in [1.807, 2.05) is 0 Å². The van der Waals surface area contributed by atoms with E-state index in [0.717, 1.165) is 0 Å². The molecule has 0 heterocycles. The third kappa shape index (κ3) is 2.35. The van der Waals surface area contributed by atoms with E-state index >= 15 is 0 Å². The second-order valence-electron chi connectivity index (χ2n) is 3.15. The van der Waals surface area contributed by atoms with E-state index in [2.05, 4.69) is 4.84 Å². The molecule has 0 saturated heterocycles. The summed E-state index contributed by atoms with van der Waals surface area (Å²) >= 11 is 0. The lowest BCUT2D eigenvalue weighted by Gasteiger charge is -2.28. The van der Waals surface area contributed by atoms with Crippen LogP contribution in [-0.2, 0) is 4.84 Å². The second kappa shape index (κ2) is 3.62. The van der Waals surface area contributed by atoms with Crippen LogP contribution >= 0.6 is 0 Å². The van der Waals surface area contributed by atoms with Crippen LogP contribution in [0.5, 0.6) is 0 Å². The van der Waals surface area contributed by atoms with E-state index < -0.39 is 12.1 Å². The molecule has 1 aliphatic rings. The molecule has 0 atom stereocenters. The molecule has 2 nitrogen and oxygen atoms in total. The van der Waals surface area contributed by atoms with Crippen molar-refractivity contribution in [3.05, 3.63) is 0 Å². The van der Waals surface area contributed by atoms with Crippen molar-refractivity contribution in [3.63, 3.8) is 0 Å². The van der Waals surface area contributed by atoms with Gasteiger partial charge in [-0.2, -0.15) is 13.2 Å². The Morgan fingerprint density at radius 2 is 1.58 bits per heavy atom. The summed E-state index contributed by atoms with van der Waals surface area (Å²) in [6.07, 6.45) is -3.10. The lowest BCUT2D eigenvalue weighted by Crippen LogP contribution is -2.31. The molecular formula is C7H12F3NO. The molecule has 0 aromatic carbocycles. The van der Waals surface area contributed by atoms with Crippen molar-refractivity contribution in [1.29, 1.82) is 0 Å². The van der Waals surface area contributed by atoms with Crippen LogP contribution in [0.25, 0.3) is 0 Å². The summed E-state index contributed by atoms with van der Waals surface area (Å²) in [6, 6.07) is 0. The van der Waals surface area contributed by atoms with Gasteiger partial charge in [0.2, 0.25) is 0 Å². The predicted octanol–water partition coefficient (Wildman–Crippen LogP) is 2.00. The molecule has 1 saturated carbocycles. The van der Waals surface area contributed by atoms with Crippen LogP contribution in [0.3, 0.4) is 0 Å². The Bertz CT molecular complexity index is 140. The normalized spacial score (nSPS) is 32.0. The highest BCUT2D eigenvalue weighted by atomic mass is 19.4. The molecule has 0 aromatic rings. The van der Waals surface area contributed by atoms with E-state index in [0.29, 0.717) is 12.8 Å². The maximum Gasteiger partial charge on any atom is 0.391 e. The summed E-state index contributed by atoms with van der Waals surface area (Å²) < 4.78 is 36.3. The van der Waals surface area contributed by atoms with Crippen LogP contribution in [0.15, 0.2) is 0 Å². The number of hydrogen-bond acceptors (Lipinski definition) is 2. The molecule has 0 unspecified atom stereocenters. The minimum absolute atomic E-state index is 0.144. The summed E-state index contributed by atoms with van der Waals surface area (Å²) in [4.78, 5) is 4.48. The SMILES string of the molecule is NOC1CCC(C(F)(F)F)CC1. The number of hydrogen-bond donors (Lipinski definition) is 1. The minimum atomic E-state index is -4.04. The van der Waals surface area contributed by atoms with Gasteiger partial charge in [0.1, 0.15) is 0 Å². The fraction of sp³-hybridized carbons (Fsp3) is 1.00. The molecule has 0 bridgehead atoms. The van der Waals surface area contributed by atoms with Gasteiger partial charge in [0.05, 0.1) is 12.0 Å². The molecule has 1 rings (SSSR count). The first-order chi connectivity index (χ1) is 5.54. The monoisotopic (exact) mass is 183 g/mol. The molecular weight excluding hydrogens is 171 g/mol. The van der Waals surface area contributed by atoms with Crippen molar-refractivity contribution in [3.8, 4) is 0 Å². The maximum atomic E-state index is 12.1. The number of nitrogens with two attached hydrogens (primary N) is 1. The second-order valence-corrected chi connectivity index (χ2v) is 3.15. The van der Waals surface area contributed by atoms with Crippen molar-refractivity contribution in [1.82, 2.24) is 0 Å². The predicted molar refractivity (Wildman–Crippen MR) is 37.1 cm³/mol. The standard InChI is InChI=1S/C7H12F3NO/c8-7(9,10)5-1-3-6(12-11)4-2-5/h5-6H,1-4,11H2. The number of rotatable bonds is 1. The van der Waals surface area contributed by atoms with E-state index in [4.69, 9.17) is 5.90 Å². The first-order valence-electron chi connectivity index (χ1n) is 3.96. The van der Waals surface area contributed by atoms with Gasteiger partial charge < -0.3 is 4.84 Å². The first kappa shape index (κ1) is 9.80. The van der Waals surface area contributed by atoms with Gasteiger partial charge in [-0.05, 0) is 25.7 Å². The Morgan fingerprint density at radius 3 is 1.92 bits per heavy atom. The highest BCUT2D eigenvalue weighted by molar-refractivity contribution is 4.76. The zero-order chi connectivity index (χ0) is 9.19. The van der Waals surface area contributed by atoms with Crippen LogP contribution in [-0.4, -0.2) is 12.3 Å². The molecule has 0 aliphatic heterocycles. The van der Waals surface area contributed by atoms with Gasteiger partial charge in [0.15, 0.2) is 0 Å². The molecule has 0 aromatic heterocycles. The maximum absolute atomic E-state index is 12.1. The quantitative estimate of drug-likeness (QED) is 0.631. The Kier molecular flexibility index (Phi) is 2.95. The van der Waals surface area contributed by atoms with Crippen LogP contribution in [0.4, 0.5) is 13.2 Å². The van der Waals surface area contributed by atoms with Gasteiger partial charge in [-0.1, -0.05) is 0 Å². The average molecular weight is 183 g/mol. The molecule has 1 aliphatic carbocycles. The lowest BCUT2D eigenvalue weighted by molar-refractivity contribution is -0.187. The minimum Gasteiger partial charge on any atom is -0.301 e. The van der Waals surface area contributed by atoms with Crippen molar-refractivity contribution in [2.45, 2.75) is 38.0 Å². The van der Waals surface area contributed by atoms with Crippen LogP contribution < -0.4 is 5.90 Å². The van der Waals surface area contributed by atoms with Gasteiger partial charge in [-0.25, -0.2) is 5.90 Å². The van der Waals surface area contributed by atoms with Crippen molar-refractivity contribution in [2.24, 2.45) is 11.8 Å². The summed E-state index contributed by atoms with van der Waals surface area (Å²) in [7, 11) is 0. The van der Waals surface area contributed by atoms with Crippen LogP contribution in [0, 0.1) is 5.92 Å². The van der Waals surface area contributed by atoms with E-state index in [1.165, 1.54) is 0 Å². The number of halogens is 3. The van der Waals surface area contributed by atoms with Crippen molar-refractivity contribution in [2.75, 3.05) is 0 Å². The van der Waals surface area contributed by atoms with Gasteiger partial charge in [0.25, 0.3) is 0 Å². The molecule has 5 heteroatoms. The van der Waals surface area contributed by atoms with Gasteiger partial charge in [-0.15, -0.1) is 0 Å². The van der Waals surface area contributed by atoms with Gasteiger partial charge in [-0.3, -0.25) is 0 Å². The fourth-order valence-electron chi connectivity index (χ4n) is 1.53. The van der Waals surface area contributed by atoms with E-state index in [-0.39, 0.29) is 18.9 Å². The zero-order valence-corrected chi connectivity index (χ0v) is 6.60. The topological polar surface area (TPSA) is 35.2 Å². The number of alkyl halides is 3. The summed E-state index contributed by atoms with van der Waals surface area (Å²) in [5.41, 5.74) is 0. The van der Waals surface area contributed by atoms with Crippen LogP contribution in [0.2, 0.25) is 0 Å². The Hall–Kier alpha value is -0.290. The smallest absolute Gasteiger partial charge is 0.301 e. The van der Waals surface area contributed by atoms with E-state index in [1.54, 1.807) is 0 Å². The molecule has 0 amide bonds. The molecule has 2 N–H and O–H groups in total. The fourth-order valence-corrected chi connectivity index (χ4v) is 1.53. The van der Waals surface area contributed by atoms with Crippen LogP contribution in [0.1, 0.15) is 25.7 Å². The summed E-state index contributed by atoms with van der Waals surface area (Å²) in [5, 5.41) is 0. The molecule has 0 spiro atoms. The van der Waals surface area contributed by atoms with E-state index in [9.17, 15) is 13.2 Å². The Balaban J connectivity index is 2.36. The third-order valence-electron chi connectivity index (χ3n) is 2.33. The Labute approximate surface area is 68.8 Å².